The zero-order valence-corrected chi connectivity index (χ0v) is 13.6. The van der Waals surface area contributed by atoms with Crippen LogP contribution in [0.1, 0.15) is 12.5 Å². The third-order valence-corrected chi connectivity index (χ3v) is 3.41. The lowest BCUT2D eigenvalue weighted by Gasteiger charge is -2.08. The zero-order chi connectivity index (χ0) is 17.5. The quantitative estimate of drug-likeness (QED) is 0.829. The van der Waals surface area contributed by atoms with E-state index in [1.807, 2.05) is 0 Å². The number of nitrogens with zero attached hydrogens (tertiary/aromatic N) is 1. The maximum absolute atomic E-state index is 13.2. The number of benzene rings is 1. The lowest BCUT2D eigenvalue weighted by Crippen LogP contribution is -2.22. The van der Waals surface area contributed by atoms with Gasteiger partial charge in [-0.15, -0.1) is 0 Å². The van der Waals surface area contributed by atoms with Crippen molar-refractivity contribution >= 4 is 17.2 Å². The van der Waals surface area contributed by atoms with Crippen molar-refractivity contribution in [2.45, 2.75) is 13.5 Å². The van der Waals surface area contributed by atoms with Gasteiger partial charge >= 0.3 is 0 Å². The van der Waals surface area contributed by atoms with Crippen LogP contribution in [0.4, 0.5) is 10.1 Å². The Morgan fingerprint density at radius 1 is 1.33 bits per heavy atom. The SMILES string of the molecule is COCCn1cc(NC(=O)C=C(C)c2cccc(F)c2)ccc1=O. The molecule has 0 unspecified atom stereocenters. The van der Waals surface area contributed by atoms with E-state index in [1.54, 1.807) is 32.4 Å². The maximum Gasteiger partial charge on any atom is 0.250 e. The summed E-state index contributed by atoms with van der Waals surface area (Å²) in [4.78, 5) is 23.8. The molecule has 24 heavy (non-hydrogen) atoms. The number of methoxy groups -OCH3 is 1. The molecule has 5 nitrogen and oxygen atoms in total. The van der Waals surface area contributed by atoms with Crippen LogP contribution in [-0.4, -0.2) is 24.2 Å². The van der Waals surface area contributed by atoms with Gasteiger partial charge in [-0.25, -0.2) is 4.39 Å². The predicted molar refractivity (Wildman–Crippen MR) is 91.3 cm³/mol. The summed E-state index contributed by atoms with van der Waals surface area (Å²) in [6.45, 7) is 2.53. The summed E-state index contributed by atoms with van der Waals surface area (Å²) < 4.78 is 19.6. The molecule has 0 atom stereocenters. The molecule has 0 aliphatic heterocycles. The molecule has 126 valence electrons. The third kappa shape index (κ3) is 4.89. The van der Waals surface area contributed by atoms with Gasteiger partial charge in [-0.05, 0) is 36.3 Å². The number of aromatic nitrogens is 1. The van der Waals surface area contributed by atoms with Crippen molar-refractivity contribution in [3.05, 3.63) is 70.4 Å². The standard InChI is InChI=1S/C18H19FN2O3/c1-13(14-4-3-5-15(19)11-14)10-17(22)20-16-6-7-18(23)21(12-16)8-9-24-2/h3-7,10-12H,8-9H2,1-2H3,(H,20,22). The maximum atomic E-state index is 13.2. The molecule has 0 spiro atoms. The molecule has 1 heterocycles. The van der Waals surface area contributed by atoms with Crippen molar-refractivity contribution in [3.8, 4) is 0 Å². The molecule has 0 aliphatic carbocycles. The number of pyridine rings is 1. The molecule has 0 aliphatic rings. The first-order chi connectivity index (χ1) is 11.5. The van der Waals surface area contributed by atoms with Gasteiger partial charge in [0, 0.05) is 32.0 Å². The van der Waals surface area contributed by atoms with E-state index >= 15 is 0 Å². The second kappa shape index (κ2) is 8.21. The van der Waals surface area contributed by atoms with E-state index in [-0.39, 0.29) is 17.3 Å². The van der Waals surface area contributed by atoms with Gasteiger partial charge in [-0.1, -0.05) is 12.1 Å². The van der Waals surface area contributed by atoms with Crippen LogP contribution in [-0.2, 0) is 16.1 Å². The molecular formula is C18H19FN2O3. The number of amides is 1. The van der Waals surface area contributed by atoms with Crippen LogP contribution >= 0.6 is 0 Å². The van der Waals surface area contributed by atoms with Crippen LogP contribution in [0.25, 0.3) is 5.57 Å². The Morgan fingerprint density at radius 3 is 2.83 bits per heavy atom. The minimum atomic E-state index is -0.356. The van der Waals surface area contributed by atoms with Gasteiger partial charge in [0.25, 0.3) is 5.56 Å². The third-order valence-electron chi connectivity index (χ3n) is 3.41. The van der Waals surface area contributed by atoms with Crippen LogP contribution in [0.15, 0.2) is 53.5 Å². The van der Waals surface area contributed by atoms with Gasteiger partial charge in [0.05, 0.1) is 12.3 Å². The number of halogens is 1. The fourth-order valence-corrected chi connectivity index (χ4v) is 2.16. The molecule has 2 rings (SSSR count). The Kier molecular flexibility index (Phi) is 6.03. The Morgan fingerprint density at radius 2 is 2.12 bits per heavy atom. The van der Waals surface area contributed by atoms with E-state index in [4.69, 9.17) is 4.74 Å². The summed E-state index contributed by atoms with van der Waals surface area (Å²) in [6, 6.07) is 8.95. The Hall–Kier alpha value is -2.73. The number of rotatable bonds is 6. The number of carbonyl (C=O) groups excluding carboxylic acids is 1. The lowest BCUT2D eigenvalue weighted by atomic mass is 10.1. The van der Waals surface area contributed by atoms with Crippen molar-refractivity contribution < 1.29 is 13.9 Å². The molecule has 2 aromatic rings. The zero-order valence-electron chi connectivity index (χ0n) is 13.6. The van der Waals surface area contributed by atoms with Crippen molar-refractivity contribution in [2.75, 3.05) is 19.0 Å². The Bertz CT molecular complexity index is 812. The number of ether oxygens (including phenoxy) is 1. The van der Waals surface area contributed by atoms with E-state index in [1.165, 1.54) is 34.9 Å². The van der Waals surface area contributed by atoms with Crippen molar-refractivity contribution in [1.82, 2.24) is 4.57 Å². The van der Waals surface area contributed by atoms with Gasteiger partial charge in [0.1, 0.15) is 5.82 Å². The highest BCUT2D eigenvalue weighted by molar-refractivity contribution is 6.03. The molecule has 0 fully saturated rings. The summed E-state index contributed by atoms with van der Waals surface area (Å²) in [5.74, 6) is -0.709. The van der Waals surface area contributed by atoms with Crippen molar-refractivity contribution in [1.29, 1.82) is 0 Å². The second-order valence-electron chi connectivity index (χ2n) is 5.27. The summed E-state index contributed by atoms with van der Waals surface area (Å²) in [5.41, 5.74) is 1.60. The van der Waals surface area contributed by atoms with Crippen LogP contribution in [0, 0.1) is 5.82 Å². The highest BCUT2D eigenvalue weighted by Crippen LogP contribution is 2.15. The summed E-state index contributed by atoms with van der Waals surface area (Å²) in [7, 11) is 1.55. The molecular weight excluding hydrogens is 311 g/mol. The van der Waals surface area contributed by atoms with Gasteiger partial charge in [0.2, 0.25) is 5.91 Å². The molecule has 1 aromatic heterocycles. The number of anilines is 1. The van der Waals surface area contributed by atoms with Gasteiger partial charge < -0.3 is 14.6 Å². The number of hydrogen-bond acceptors (Lipinski definition) is 3. The minimum Gasteiger partial charge on any atom is -0.383 e. The van der Waals surface area contributed by atoms with Gasteiger partial charge in [-0.3, -0.25) is 9.59 Å². The smallest absolute Gasteiger partial charge is 0.250 e. The van der Waals surface area contributed by atoms with Crippen LogP contribution < -0.4 is 10.9 Å². The van der Waals surface area contributed by atoms with E-state index in [0.717, 1.165) is 0 Å². The van der Waals surface area contributed by atoms with E-state index in [0.29, 0.717) is 30.0 Å². The summed E-state index contributed by atoms with van der Waals surface area (Å²) in [5, 5.41) is 2.69. The van der Waals surface area contributed by atoms with Crippen LogP contribution in [0.5, 0.6) is 0 Å². The normalized spacial score (nSPS) is 11.4. The highest BCUT2D eigenvalue weighted by Gasteiger charge is 2.04. The Balaban J connectivity index is 2.11. The van der Waals surface area contributed by atoms with E-state index in [2.05, 4.69) is 5.32 Å². The van der Waals surface area contributed by atoms with Crippen LogP contribution in [0.2, 0.25) is 0 Å². The van der Waals surface area contributed by atoms with Crippen molar-refractivity contribution in [2.24, 2.45) is 0 Å². The molecule has 0 radical (unpaired) electrons. The molecule has 0 saturated heterocycles. The lowest BCUT2D eigenvalue weighted by molar-refractivity contribution is -0.111. The number of nitrogens with one attached hydrogen (secondary N) is 1. The minimum absolute atomic E-state index is 0.170. The highest BCUT2D eigenvalue weighted by atomic mass is 19.1. The molecule has 0 bridgehead atoms. The fraction of sp³-hybridized carbons (Fsp3) is 0.222. The van der Waals surface area contributed by atoms with Crippen LogP contribution in [0.3, 0.4) is 0 Å². The molecule has 1 N–H and O–H groups in total. The first-order valence-corrected chi connectivity index (χ1v) is 7.44. The molecule has 1 amide bonds. The first kappa shape index (κ1) is 17.6. The predicted octanol–water partition coefficient (Wildman–Crippen LogP) is 2.68. The average Bonchev–Trinajstić information content (AvgIpc) is 2.55. The monoisotopic (exact) mass is 330 g/mol. The topological polar surface area (TPSA) is 60.3 Å². The number of hydrogen-bond donors (Lipinski definition) is 1. The average molecular weight is 330 g/mol. The number of allylic oxidation sites excluding steroid dienone is 1. The number of carbonyl (C=O) groups is 1. The van der Waals surface area contributed by atoms with Gasteiger partial charge in [0.15, 0.2) is 0 Å². The largest absolute Gasteiger partial charge is 0.383 e. The Labute approximate surface area is 139 Å². The molecule has 1 aromatic carbocycles. The van der Waals surface area contributed by atoms with E-state index in [9.17, 15) is 14.0 Å². The second-order valence-corrected chi connectivity index (χ2v) is 5.27. The molecule has 6 heteroatoms. The summed E-state index contributed by atoms with van der Waals surface area (Å²) >= 11 is 0. The van der Waals surface area contributed by atoms with Crippen molar-refractivity contribution in [3.63, 3.8) is 0 Å². The van der Waals surface area contributed by atoms with Gasteiger partial charge in [-0.2, -0.15) is 0 Å². The fourth-order valence-electron chi connectivity index (χ4n) is 2.16. The first-order valence-electron chi connectivity index (χ1n) is 7.44. The molecule has 0 saturated carbocycles. The summed E-state index contributed by atoms with van der Waals surface area (Å²) in [6.07, 6.45) is 2.95. The van der Waals surface area contributed by atoms with E-state index < -0.39 is 0 Å².